The molecule has 2 aromatic carbocycles. The van der Waals surface area contributed by atoms with E-state index in [0.29, 0.717) is 13.1 Å². The largest absolute Gasteiger partial charge is 0.356 e. The molecule has 0 aromatic heterocycles. The lowest BCUT2D eigenvalue weighted by Gasteiger charge is -2.36. The van der Waals surface area contributed by atoms with Crippen molar-refractivity contribution in [1.29, 1.82) is 0 Å². The summed E-state index contributed by atoms with van der Waals surface area (Å²) in [5, 5.41) is 3.49. The van der Waals surface area contributed by atoms with Crippen molar-refractivity contribution < 1.29 is 9.59 Å². The number of benzene rings is 2. The number of carbonyl (C=O) groups excluding carboxylic acids is 2. The van der Waals surface area contributed by atoms with Gasteiger partial charge in [-0.25, -0.2) is 0 Å². The summed E-state index contributed by atoms with van der Waals surface area (Å²) >= 11 is 3.59. The van der Waals surface area contributed by atoms with Crippen LogP contribution in [0, 0.1) is 19.8 Å². The molecule has 4 nitrogen and oxygen atoms in total. The van der Waals surface area contributed by atoms with Crippen LogP contribution in [-0.4, -0.2) is 34.6 Å². The van der Waals surface area contributed by atoms with Gasteiger partial charge in [0, 0.05) is 16.7 Å². The van der Waals surface area contributed by atoms with E-state index in [1.54, 1.807) is 0 Å². The van der Waals surface area contributed by atoms with Crippen LogP contribution in [0.15, 0.2) is 47.4 Å². The van der Waals surface area contributed by atoms with Crippen LogP contribution in [0.1, 0.15) is 62.1 Å². The number of hydrogen-bond donors (Lipinski definition) is 1. The van der Waals surface area contributed by atoms with E-state index in [0.717, 1.165) is 33.6 Å². The van der Waals surface area contributed by atoms with E-state index < -0.39 is 11.2 Å². The van der Waals surface area contributed by atoms with Gasteiger partial charge >= 0.3 is 0 Å². The number of nitrogens with one attached hydrogen (secondary N) is 1. The van der Waals surface area contributed by atoms with Crippen molar-refractivity contribution in [3.8, 4) is 0 Å². The number of nitrogens with zero attached hydrogens (tertiary/aromatic N) is 1. The molecule has 2 atom stereocenters. The van der Waals surface area contributed by atoms with Crippen molar-refractivity contribution in [3.05, 3.63) is 59.2 Å². The molecule has 0 saturated heterocycles. The predicted molar refractivity (Wildman–Crippen MR) is 149 cm³/mol. The Morgan fingerprint density at radius 1 is 1.14 bits per heavy atom. The molecule has 2 aliphatic rings. The summed E-state index contributed by atoms with van der Waals surface area (Å²) in [6.07, 6.45) is 7.78. The molecule has 2 aromatic rings. The first-order valence-corrected chi connectivity index (χ1v) is 14.9. The fraction of sp³-hybridized carbons (Fsp3) is 0.517. The number of fused-ring (bicyclic) bond motifs is 1. The molecule has 2 amide bonds. The molecule has 0 bridgehead atoms. The Hall–Kier alpha value is -1.92. The van der Waals surface area contributed by atoms with E-state index in [-0.39, 0.29) is 11.8 Å². The van der Waals surface area contributed by atoms with Crippen LogP contribution < -0.4 is 10.2 Å². The van der Waals surface area contributed by atoms with Gasteiger partial charge in [-0.1, -0.05) is 62.1 Å². The molecule has 6 heteroatoms. The number of aryl methyl sites for hydroxylation is 2. The Labute approximate surface area is 219 Å². The van der Waals surface area contributed by atoms with Crippen LogP contribution in [0.25, 0.3) is 0 Å². The summed E-state index contributed by atoms with van der Waals surface area (Å²) in [6.45, 7) is 7.26. The molecule has 1 saturated carbocycles. The SMILES string of the molecule is Cc1ccc(C)c(CN2C(=O)[C@@H]([C@@H](C)C(=O)NCCCSC3CCCCC3)Sc3ccccc32)c1. The number of amides is 2. The second kappa shape index (κ2) is 12.4. The van der Waals surface area contributed by atoms with Gasteiger partial charge in [-0.15, -0.1) is 11.8 Å². The van der Waals surface area contributed by atoms with E-state index in [1.807, 2.05) is 30.0 Å². The minimum absolute atomic E-state index is 0.0186. The lowest BCUT2D eigenvalue weighted by molar-refractivity contribution is -0.128. The van der Waals surface area contributed by atoms with Crippen LogP contribution in [0.2, 0.25) is 0 Å². The van der Waals surface area contributed by atoms with E-state index >= 15 is 0 Å². The lowest BCUT2D eigenvalue weighted by atomic mass is 10.0. The Kier molecular flexibility index (Phi) is 9.23. The highest BCUT2D eigenvalue weighted by Crippen LogP contribution is 2.42. The summed E-state index contributed by atoms with van der Waals surface area (Å²) in [5.41, 5.74) is 4.44. The minimum Gasteiger partial charge on any atom is -0.356 e. The Morgan fingerprint density at radius 3 is 2.71 bits per heavy atom. The average molecular weight is 511 g/mol. The Balaban J connectivity index is 1.38. The van der Waals surface area contributed by atoms with E-state index in [9.17, 15) is 9.59 Å². The van der Waals surface area contributed by atoms with E-state index in [1.165, 1.54) is 55.0 Å². The van der Waals surface area contributed by atoms with Crippen LogP contribution >= 0.6 is 23.5 Å². The molecular formula is C29H38N2O2S2. The fourth-order valence-corrected chi connectivity index (χ4v) is 7.52. The zero-order chi connectivity index (χ0) is 24.8. The Morgan fingerprint density at radius 2 is 1.91 bits per heavy atom. The number of hydrogen-bond acceptors (Lipinski definition) is 4. The van der Waals surface area contributed by atoms with Crippen LogP contribution in [0.3, 0.4) is 0 Å². The highest BCUT2D eigenvalue weighted by Gasteiger charge is 2.39. The van der Waals surface area contributed by atoms with Gasteiger partial charge < -0.3 is 10.2 Å². The van der Waals surface area contributed by atoms with Crippen molar-refractivity contribution >= 4 is 41.0 Å². The maximum absolute atomic E-state index is 13.7. The number of rotatable bonds is 9. The summed E-state index contributed by atoms with van der Waals surface area (Å²) in [7, 11) is 0. The van der Waals surface area contributed by atoms with Gasteiger partial charge in [-0.3, -0.25) is 9.59 Å². The van der Waals surface area contributed by atoms with Gasteiger partial charge in [0.15, 0.2) is 0 Å². The summed E-state index contributed by atoms with van der Waals surface area (Å²) in [6, 6.07) is 14.4. The molecule has 188 valence electrons. The van der Waals surface area contributed by atoms with Crippen molar-refractivity contribution in [2.24, 2.45) is 5.92 Å². The first-order chi connectivity index (χ1) is 16.9. The van der Waals surface area contributed by atoms with Gasteiger partial charge in [-0.05, 0) is 62.1 Å². The van der Waals surface area contributed by atoms with Crippen molar-refractivity contribution in [1.82, 2.24) is 5.32 Å². The zero-order valence-corrected chi connectivity index (χ0v) is 22.9. The Bertz CT molecular complexity index is 1040. The fourth-order valence-electron chi connectivity index (χ4n) is 4.92. The van der Waals surface area contributed by atoms with Crippen LogP contribution in [-0.2, 0) is 16.1 Å². The van der Waals surface area contributed by atoms with Crippen LogP contribution in [0.5, 0.6) is 0 Å². The molecule has 1 N–H and O–H groups in total. The predicted octanol–water partition coefficient (Wildman–Crippen LogP) is 6.52. The minimum atomic E-state index is -0.424. The van der Waals surface area contributed by atoms with Gasteiger partial charge in [0.2, 0.25) is 11.8 Å². The highest BCUT2D eigenvalue weighted by molar-refractivity contribution is 8.01. The molecule has 1 fully saturated rings. The summed E-state index contributed by atoms with van der Waals surface area (Å²) in [5.74, 6) is 0.690. The topological polar surface area (TPSA) is 49.4 Å². The molecule has 1 heterocycles. The van der Waals surface area contributed by atoms with Gasteiger partial charge in [0.05, 0.1) is 18.2 Å². The van der Waals surface area contributed by atoms with Gasteiger partial charge in [0.25, 0.3) is 0 Å². The van der Waals surface area contributed by atoms with E-state index in [2.05, 4.69) is 55.2 Å². The average Bonchev–Trinajstić information content (AvgIpc) is 2.87. The van der Waals surface area contributed by atoms with Crippen molar-refractivity contribution in [3.63, 3.8) is 0 Å². The molecule has 4 rings (SSSR count). The van der Waals surface area contributed by atoms with E-state index in [4.69, 9.17) is 0 Å². The van der Waals surface area contributed by atoms with Crippen molar-refractivity contribution in [2.45, 2.75) is 81.2 Å². The normalized spacial score (nSPS) is 19.3. The molecular weight excluding hydrogens is 472 g/mol. The van der Waals surface area contributed by atoms with Crippen LogP contribution in [0.4, 0.5) is 5.69 Å². The maximum Gasteiger partial charge on any atom is 0.241 e. The molecule has 1 aliphatic heterocycles. The molecule has 1 aliphatic carbocycles. The second-order valence-electron chi connectivity index (χ2n) is 9.92. The maximum atomic E-state index is 13.7. The standard InChI is InChI=1S/C29H38N2O2S2/c1-20-14-15-21(2)23(18-20)19-31-25-12-7-8-13-26(25)35-27(29(31)33)22(3)28(32)30-16-9-17-34-24-10-5-4-6-11-24/h7-8,12-15,18,22,24,27H,4-6,9-11,16-17,19H2,1-3H3,(H,30,32)/t22-,27-/m1/s1. The van der Waals surface area contributed by atoms with Gasteiger partial charge in [-0.2, -0.15) is 11.8 Å². The smallest absolute Gasteiger partial charge is 0.241 e. The first-order valence-electron chi connectivity index (χ1n) is 13.0. The first kappa shape index (κ1) is 26.2. The zero-order valence-electron chi connectivity index (χ0n) is 21.2. The second-order valence-corrected chi connectivity index (χ2v) is 12.5. The van der Waals surface area contributed by atoms with Gasteiger partial charge in [0.1, 0.15) is 5.25 Å². The quantitative estimate of drug-likeness (QED) is 0.390. The molecule has 0 radical (unpaired) electrons. The molecule has 35 heavy (non-hydrogen) atoms. The third-order valence-electron chi connectivity index (χ3n) is 7.15. The number of thioether (sulfide) groups is 2. The number of para-hydroxylation sites is 1. The molecule has 0 unspecified atom stereocenters. The lowest BCUT2D eigenvalue weighted by Crippen LogP contribution is -2.47. The number of anilines is 1. The highest BCUT2D eigenvalue weighted by atomic mass is 32.2. The number of carbonyl (C=O) groups is 2. The molecule has 0 spiro atoms. The third-order valence-corrected chi connectivity index (χ3v) is 10.1. The van der Waals surface area contributed by atoms with Crippen molar-refractivity contribution in [2.75, 3.05) is 17.2 Å². The third kappa shape index (κ3) is 6.65. The monoisotopic (exact) mass is 510 g/mol. The summed E-state index contributed by atoms with van der Waals surface area (Å²) in [4.78, 5) is 29.7. The summed E-state index contributed by atoms with van der Waals surface area (Å²) < 4.78 is 0.